The van der Waals surface area contributed by atoms with E-state index in [1.807, 2.05) is 60.5 Å². The van der Waals surface area contributed by atoms with Crippen molar-refractivity contribution in [1.82, 2.24) is 30.1 Å². The molecule has 2 fully saturated rings. The number of hydrogen-bond acceptors (Lipinski definition) is 13. The van der Waals surface area contributed by atoms with Gasteiger partial charge in [-0.3, -0.25) is 19.2 Å². The number of carbonyl (C=O) groups is 4. The van der Waals surface area contributed by atoms with Crippen LogP contribution in [0.25, 0.3) is 0 Å². The molecule has 58 heavy (non-hydrogen) atoms. The maximum Gasteiger partial charge on any atom is 0.307 e. The van der Waals surface area contributed by atoms with Crippen LogP contribution in [0.4, 0.5) is 0 Å². The lowest BCUT2D eigenvalue weighted by atomic mass is 9.84. The summed E-state index contributed by atoms with van der Waals surface area (Å²) in [6, 6.07) is 0. The second kappa shape index (κ2) is 23.8. The zero-order chi connectivity index (χ0) is 42.9. The summed E-state index contributed by atoms with van der Waals surface area (Å²) in [5.41, 5.74) is -1.07. The van der Waals surface area contributed by atoms with Gasteiger partial charge in [0.2, 0.25) is 23.4 Å². The van der Waals surface area contributed by atoms with Crippen molar-refractivity contribution >= 4 is 23.6 Å². The van der Waals surface area contributed by atoms with Crippen LogP contribution in [0.1, 0.15) is 209 Å². The summed E-state index contributed by atoms with van der Waals surface area (Å²) in [5, 5.41) is 7.65. The number of ketones is 1. The number of nitrogens with zero attached hydrogens (tertiary/aromatic N) is 6. The molecule has 328 valence electrons. The molecule has 0 spiro atoms. The summed E-state index contributed by atoms with van der Waals surface area (Å²) in [6.45, 7) is 13.8. The number of hydrogen-bond donors (Lipinski definition) is 0. The van der Waals surface area contributed by atoms with Gasteiger partial charge >= 0.3 is 11.9 Å². The van der Waals surface area contributed by atoms with Gasteiger partial charge < -0.3 is 28.3 Å². The molecule has 14 nitrogen and oxygen atoms in total. The van der Waals surface area contributed by atoms with Gasteiger partial charge in [-0.15, -0.1) is 0 Å². The van der Waals surface area contributed by atoms with Gasteiger partial charge in [-0.05, 0) is 80.3 Å². The molecule has 2 atom stereocenters. The Labute approximate surface area is 347 Å². The van der Waals surface area contributed by atoms with Gasteiger partial charge in [-0.25, -0.2) is 0 Å². The van der Waals surface area contributed by atoms with Crippen LogP contribution < -0.4 is 0 Å². The zero-order valence-electron chi connectivity index (χ0n) is 37.4. The predicted molar refractivity (Wildman–Crippen MR) is 221 cm³/mol. The van der Waals surface area contributed by atoms with Crippen LogP contribution in [0.15, 0.2) is 9.05 Å². The van der Waals surface area contributed by atoms with Gasteiger partial charge in [-0.1, -0.05) is 100 Å². The highest BCUT2D eigenvalue weighted by atomic mass is 16.6. The van der Waals surface area contributed by atoms with Crippen molar-refractivity contribution in [2.75, 3.05) is 34.2 Å². The molecule has 0 radical (unpaired) electrons. The molecule has 2 heterocycles. The van der Waals surface area contributed by atoms with Gasteiger partial charge in [-0.2, -0.15) is 9.97 Å². The Hall–Kier alpha value is -3.68. The van der Waals surface area contributed by atoms with Crippen molar-refractivity contribution < 1.29 is 37.7 Å². The first-order valence-electron chi connectivity index (χ1n) is 21.8. The Bertz CT molecular complexity index is 1550. The Morgan fingerprint density at radius 1 is 0.655 bits per heavy atom. The maximum atomic E-state index is 12.7. The van der Waals surface area contributed by atoms with Crippen molar-refractivity contribution in [2.45, 2.75) is 187 Å². The van der Waals surface area contributed by atoms with Crippen molar-refractivity contribution in [1.29, 1.82) is 0 Å². The molecule has 4 rings (SSSR count). The van der Waals surface area contributed by atoms with Gasteiger partial charge in [0.1, 0.15) is 11.2 Å². The third-order valence-corrected chi connectivity index (χ3v) is 10.8. The predicted octanol–water partition coefficient (Wildman–Crippen LogP) is 9.11. The lowest BCUT2D eigenvalue weighted by molar-refractivity contribution is -0.156. The maximum absolute atomic E-state index is 12.7. The fourth-order valence-corrected chi connectivity index (χ4v) is 7.71. The standard InChI is InChI=1S/C24H42N4O4.C20H32N2O4/c1-24(2,3)31-20(29)17-19(14-10-13-18-11-8-7-9-12-18)22-25-21(26-32-22)23(30)28(6)16-15-27(4)5;1-14(23)18-21-19(26-22-18)16(13-17(24)25-20(2,3)4)12-8-11-15-9-6-5-7-10-15/h18-19H,7-17H2,1-6H3;15-16H,5-13H2,1-4H3/t19-;16-/m11/s1. The average molecular weight is 815 g/mol. The van der Waals surface area contributed by atoms with Crippen LogP contribution >= 0.6 is 0 Å². The van der Waals surface area contributed by atoms with Crippen LogP contribution in [0.2, 0.25) is 0 Å². The molecule has 2 aliphatic carbocycles. The van der Waals surface area contributed by atoms with Crippen molar-refractivity contribution in [2.24, 2.45) is 11.8 Å². The number of aromatic nitrogens is 4. The first-order chi connectivity index (χ1) is 27.3. The van der Waals surface area contributed by atoms with E-state index in [1.165, 1.54) is 77.6 Å². The van der Waals surface area contributed by atoms with Gasteiger partial charge in [0.15, 0.2) is 0 Å². The van der Waals surface area contributed by atoms with Crippen molar-refractivity contribution in [3.05, 3.63) is 23.4 Å². The first-order valence-corrected chi connectivity index (χ1v) is 21.8. The third kappa shape index (κ3) is 18.9. The fraction of sp³-hybridized carbons (Fsp3) is 0.818. The summed E-state index contributed by atoms with van der Waals surface area (Å²) in [5.74, 6) is 0.884. The van der Waals surface area contributed by atoms with Crippen LogP contribution in [0.3, 0.4) is 0 Å². The summed E-state index contributed by atoms with van der Waals surface area (Å²) in [7, 11) is 5.64. The minimum atomic E-state index is -0.547. The minimum Gasteiger partial charge on any atom is -0.460 e. The molecular weight excluding hydrogens is 741 g/mol. The van der Waals surface area contributed by atoms with E-state index in [1.54, 1.807) is 11.9 Å². The van der Waals surface area contributed by atoms with Gasteiger partial charge in [0.25, 0.3) is 11.7 Å². The SMILES string of the molecule is CC(=O)c1noc([C@H](CCCC2CCCCC2)CC(=O)OC(C)(C)C)n1.CN(C)CCN(C)C(=O)c1noc([C@H](CCCC2CCCCC2)CC(=O)OC(C)(C)C)n1. The van der Waals surface area contributed by atoms with E-state index < -0.39 is 11.2 Å². The number of carbonyl (C=O) groups excluding carboxylic acids is 4. The fourth-order valence-electron chi connectivity index (χ4n) is 7.71. The summed E-state index contributed by atoms with van der Waals surface area (Å²) >= 11 is 0. The van der Waals surface area contributed by atoms with Gasteiger partial charge in [0, 0.05) is 38.9 Å². The molecule has 2 saturated carbocycles. The largest absolute Gasteiger partial charge is 0.460 e. The Morgan fingerprint density at radius 2 is 1.07 bits per heavy atom. The third-order valence-electron chi connectivity index (χ3n) is 10.8. The second-order valence-electron chi connectivity index (χ2n) is 18.8. The lowest BCUT2D eigenvalue weighted by Crippen LogP contribution is -2.34. The highest BCUT2D eigenvalue weighted by molar-refractivity contribution is 5.90. The Kier molecular flexibility index (Phi) is 20.0. The normalized spacial score (nSPS) is 16.6. The number of ether oxygens (including phenoxy) is 2. The Balaban J connectivity index is 0.000000317. The van der Waals surface area contributed by atoms with E-state index in [9.17, 15) is 19.2 Å². The minimum absolute atomic E-state index is 0.0442. The van der Waals surface area contributed by atoms with E-state index in [0.29, 0.717) is 18.3 Å². The number of rotatable bonds is 19. The topological polar surface area (TPSA) is 171 Å². The van der Waals surface area contributed by atoms with Crippen LogP contribution in [0.5, 0.6) is 0 Å². The first kappa shape index (κ1) is 48.7. The zero-order valence-corrected chi connectivity index (χ0v) is 37.4. The lowest BCUT2D eigenvalue weighted by Gasteiger charge is -2.23. The summed E-state index contributed by atoms with van der Waals surface area (Å²) in [4.78, 5) is 61.0. The van der Waals surface area contributed by atoms with E-state index in [-0.39, 0.29) is 60.0 Å². The van der Waals surface area contributed by atoms with Crippen LogP contribution in [-0.2, 0) is 19.1 Å². The molecule has 2 aromatic heterocycles. The number of esters is 2. The van der Waals surface area contributed by atoms with E-state index in [4.69, 9.17) is 18.5 Å². The summed E-state index contributed by atoms with van der Waals surface area (Å²) < 4.78 is 21.7. The summed E-state index contributed by atoms with van der Waals surface area (Å²) in [6.07, 6.45) is 19.5. The van der Waals surface area contributed by atoms with E-state index >= 15 is 0 Å². The monoisotopic (exact) mass is 815 g/mol. The van der Waals surface area contributed by atoms with E-state index in [2.05, 4.69) is 20.3 Å². The molecule has 14 heteroatoms. The van der Waals surface area contributed by atoms with Crippen molar-refractivity contribution in [3.8, 4) is 0 Å². The molecule has 2 aromatic rings. The molecule has 0 saturated heterocycles. The van der Waals surface area contributed by atoms with Gasteiger partial charge in [0.05, 0.1) is 12.8 Å². The van der Waals surface area contributed by atoms with Crippen LogP contribution in [0, 0.1) is 11.8 Å². The number of amides is 1. The van der Waals surface area contributed by atoms with Crippen molar-refractivity contribution in [3.63, 3.8) is 0 Å². The quantitative estimate of drug-likeness (QED) is 0.0972. The smallest absolute Gasteiger partial charge is 0.307 e. The molecule has 1 amide bonds. The second-order valence-corrected chi connectivity index (χ2v) is 18.8. The molecule has 2 aliphatic rings. The number of Topliss-reactive ketones (excluding diaryl/α,β-unsaturated/α-hetero) is 1. The molecule has 0 unspecified atom stereocenters. The molecular formula is C44H74N6O8. The highest BCUT2D eigenvalue weighted by Crippen LogP contribution is 2.33. The highest BCUT2D eigenvalue weighted by Gasteiger charge is 2.29. The average Bonchev–Trinajstić information content (AvgIpc) is 3.84. The molecule has 0 aromatic carbocycles. The van der Waals surface area contributed by atoms with E-state index in [0.717, 1.165) is 50.5 Å². The molecule has 0 bridgehead atoms. The molecule has 0 N–H and O–H groups in total. The number of likely N-dealkylation sites (N-methyl/N-ethyl adjacent to an activating group) is 2. The Morgan fingerprint density at radius 3 is 1.45 bits per heavy atom. The van der Waals surface area contributed by atoms with Crippen LogP contribution in [-0.4, -0.2) is 99.1 Å². The molecule has 0 aliphatic heterocycles.